The highest BCUT2D eigenvalue weighted by Crippen LogP contribution is 2.42. The van der Waals surface area contributed by atoms with Gasteiger partial charge in [0.2, 0.25) is 5.95 Å². The minimum atomic E-state index is 0.825. The second-order valence-electron chi connectivity index (χ2n) is 13.4. The van der Waals surface area contributed by atoms with Crippen LogP contribution in [0.25, 0.3) is 104 Å². The third kappa shape index (κ3) is 3.54. The van der Waals surface area contributed by atoms with Gasteiger partial charge in [-0.15, -0.1) is 0 Å². The van der Waals surface area contributed by atoms with Crippen molar-refractivity contribution in [1.82, 2.24) is 23.5 Å². The van der Waals surface area contributed by atoms with E-state index in [1.165, 1.54) is 54.1 Å². The Balaban J connectivity index is 1.21. The highest BCUT2D eigenvalue weighted by Gasteiger charge is 2.22. The number of fused-ring (bicyclic) bond motifs is 15. The van der Waals surface area contributed by atoms with Gasteiger partial charge in [-0.05, 0) is 82.2 Å². The number of hydrogen-bond donors (Lipinski definition) is 0. The minimum Gasteiger partial charge on any atom is -0.309 e. The van der Waals surface area contributed by atoms with E-state index >= 15 is 0 Å². The van der Waals surface area contributed by atoms with Gasteiger partial charge in [0.25, 0.3) is 0 Å². The predicted octanol–water partition coefficient (Wildman–Crippen LogP) is 11.5. The molecule has 12 aromatic rings. The molecule has 0 radical (unpaired) electrons. The van der Waals surface area contributed by atoms with Crippen molar-refractivity contribution in [2.75, 3.05) is 0 Å². The average Bonchev–Trinajstić information content (AvgIpc) is 3.86. The largest absolute Gasteiger partial charge is 0.309 e. The Morgan fingerprint density at radius 1 is 0.353 bits per heavy atom. The van der Waals surface area contributed by atoms with E-state index in [0.29, 0.717) is 0 Å². The van der Waals surface area contributed by atoms with Crippen molar-refractivity contribution in [2.45, 2.75) is 0 Å². The molecule has 0 N–H and O–H groups in total. The molecular weight excluding hydrogens is 623 g/mol. The fraction of sp³-hybridized carbons (Fsp3) is 0. The summed E-state index contributed by atoms with van der Waals surface area (Å²) in [5.41, 5.74) is 9.54. The molecule has 4 heterocycles. The first-order chi connectivity index (χ1) is 25.3. The number of benzene rings is 8. The number of para-hydroxylation sites is 4. The molecule has 0 amide bonds. The summed E-state index contributed by atoms with van der Waals surface area (Å²) in [5.74, 6) is 0.825. The van der Waals surface area contributed by atoms with E-state index in [0.717, 1.165) is 50.3 Å². The van der Waals surface area contributed by atoms with E-state index in [-0.39, 0.29) is 0 Å². The van der Waals surface area contributed by atoms with Gasteiger partial charge in [-0.1, -0.05) is 103 Å². The van der Waals surface area contributed by atoms with Crippen molar-refractivity contribution in [3.63, 3.8) is 0 Å². The zero-order valence-corrected chi connectivity index (χ0v) is 27.3. The summed E-state index contributed by atoms with van der Waals surface area (Å²) in [5, 5.41) is 11.0. The van der Waals surface area contributed by atoms with E-state index in [1.807, 2.05) is 6.07 Å². The Morgan fingerprint density at radius 2 is 0.902 bits per heavy atom. The van der Waals surface area contributed by atoms with Crippen molar-refractivity contribution in [3.8, 4) is 11.6 Å². The highest BCUT2D eigenvalue weighted by molar-refractivity contribution is 6.28. The molecule has 5 heteroatoms. The van der Waals surface area contributed by atoms with Crippen molar-refractivity contribution < 1.29 is 0 Å². The maximum atomic E-state index is 5.36. The monoisotopic (exact) mass is 649 g/mol. The van der Waals surface area contributed by atoms with Gasteiger partial charge in [0.1, 0.15) is 5.65 Å². The van der Waals surface area contributed by atoms with Crippen molar-refractivity contribution in [3.05, 3.63) is 164 Å². The topological polar surface area (TPSA) is 40.0 Å². The first kappa shape index (κ1) is 26.9. The van der Waals surface area contributed by atoms with Crippen molar-refractivity contribution >= 4 is 92.7 Å². The average molecular weight is 650 g/mol. The van der Waals surface area contributed by atoms with Crippen molar-refractivity contribution in [2.24, 2.45) is 0 Å². The fourth-order valence-electron chi connectivity index (χ4n) is 8.62. The second kappa shape index (κ2) is 9.80. The summed E-state index contributed by atoms with van der Waals surface area (Å²) >= 11 is 0. The van der Waals surface area contributed by atoms with E-state index in [1.54, 1.807) is 0 Å². The Hall–Kier alpha value is -6.98. The molecule has 8 aromatic carbocycles. The van der Waals surface area contributed by atoms with Crippen LogP contribution in [0.2, 0.25) is 0 Å². The molecule has 0 aliphatic rings. The summed E-state index contributed by atoms with van der Waals surface area (Å²) in [6, 6.07) is 58.8. The van der Waals surface area contributed by atoms with Crippen LogP contribution in [-0.4, -0.2) is 23.5 Å². The summed E-state index contributed by atoms with van der Waals surface area (Å²) in [6.45, 7) is 0. The van der Waals surface area contributed by atoms with Gasteiger partial charge in [0.15, 0.2) is 0 Å². The van der Waals surface area contributed by atoms with Gasteiger partial charge >= 0.3 is 0 Å². The van der Waals surface area contributed by atoms with Gasteiger partial charge in [0.05, 0.1) is 38.6 Å². The van der Waals surface area contributed by atoms with Crippen LogP contribution >= 0.6 is 0 Å². The third-order valence-corrected chi connectivity index (χ3v) is 10.8. The van der Waals surface area contributed by atoms with Crippen LogP contribution in [0.15, 0.2) is 164 Å². The lowest BCUT2D eigenvalue weighted by atomic mass is 10.00. The summed E-state index contributed by atoms with van der Waals surface area (Å²) in [7, 11) is 0. The van der Waals surface area contributed by atoms with Gasteiger partial charge in [-0.2, -0.15) is 0 Å². The molecule has 0 bridgehead atoms. The molecule has 5 nitrogen and oxygen atoms in total. The summed E-state index contributed by atoms with van der Waals surface area (Å²) in [4.78, 5) is 10.5. The molecule has 0 unspecified atom stereocenters. The van der Waals surface area contributed by atoms with Crippen molar-refractivity contribution in [1.29, 1.82) is 0 Å². The molecular formula is C46H27N5. The van der Waals surface area contributed by atoms with E-state index in [9.17, 15) is 0 Å². The lowest BCUT2D eigenvalue weighted by Crippen LogP contribution is -2.06. The van der Waals surface area contributed by atoms with Gasteiger partial charge < -0.3 is 4.57 Å². The normalized spacial score (nSPS) is 12.3. The SMILES string of the molecule is c1ccc2c(c1)ccc1c2c2c3ccccc3ccc2n1-c1ccc2c(c1)c1ccccc1n2-c1nc2ccccc2c2nc3ccccc3n12. The molecule has 0 saturated carbocycles. The van der Waals surface area contributed by atoms with Gasteiger partial charge in [-0.3, -0.25) is 8.97 Å². The Kier molecular flexibility index (Phi) is 5.17. The molecule has 0 spiro atoms. The van der Waals surface area contributed by atoms with Crippen LogP contribution in [-0.2, 0) is 0 Å². The maximum Gasteiger partial charge on any atom is 0.221 e. The van der Waals surface area contributed by atoms with E-state index in [4.69, 9.17) is 9.97 Å². The van der Waals surface area contributed by atoms with E-state index < -0.39 is 0 Å². The van der Waals surface area contributed by atoms with Crippen LogP contribution in [0, 0.1) is 0 Å². The standard InChI is InChI=1S/C46H27N5/c1-3-13-31-28(11-1)21-24-41-43(31)44-32-14-4-2-12-29(32)22-25-42(44)49(41)30-23-26-39-35(27-30)33-15-6-9-19-38(33)50(39)46-48-36-17-7-5-16-34(36)45-47-37-18-8-10-20-40(37)51(45)46/h1-27H. The number of hydrogen-bond acceptors (Lipinski definition) is 2. The molecule has 0 aliphatic carbocycles. The number of aromatic nitrogens is 5. The first-order valence-corrected chi connectivity index (χ1v) is 17.4. The highest BCUT2D eigenvalue weighted by atomic mass is 15.2. The molecule has 0 aliphatic heterocycles. The van der Waals surface area contributed by atoms with Crippen LogP contribution < -0.4 is 0 Å². The Bertz CT molecular complexity index is 3340. The van der Waals surface area contributed by atoms with Gasteiger partial charge in [-0.25, -0.2) is 9.97 Å². The predicted molar refractivity (Wildman–Crippen MR) is 212 cm³/mol. The molecule has 236 valence electrons. The molecule has 0 atom stereocenters. The molecule has 51 heavy (non-hydrogen) atoms. The number of nitrogens with zero attached hydrogens (tertiary/aromatic N) is 5. The van der Waals surface area contributed by atoms with Gasteiger partial charge in [0, 0.05) is 32.6 Å². The van der Waals surface area contributed by atoms with E-state index in [2.05, 4.69) is 171 Å². The fourth-order valence-corrected chi connectivity index (χ4v) is 8.62. The zero-order valence-electron chi connectivity index (χ0n) is 27.3. The summed E-state index contributed by atoms with van der Waals surface area (Å²) in [6.07, 6.45) is 0. The zero-order chi connectivity index (χ0) is 33.2. The molecule has 12 rings (SSSR count). The lowest BCUT2D eigenvalue weighted by molar-refractivity contribution is 0.979. The Morgan fingerprint density at radius 3 is 1.63 bits per heavy atom. The number of rotatable bonds is 2. The molecule has 0 saturated heterocycles. The molecule has 4 aromatic heterocycles. The molecule has 0 fully saturated rings. The maximum absolute atomic E-state index is 5.36. The summed E-state index contributed by atoms with van der Waals surface area (Å²) < 4.78 is 6.99. The van der Waals surface area contributed by atoms with Crippen LogP contribution in [0.1, 0.15) is 0 Å². The lowest BCUT2D eigenvalue weighted by Gasteiger charge is -2.13. The first-order valence-electron chi connectivity index (χ1n) is 17.4. The second-order valence-corrected chi connectivity index (χ2v) is 13.4. The third-order valence-electron chi connectivity index (χ3n) is 10.8. The Labute approximate surface area is 290 Å². The smallest absolute Gasteiger partial charge is 0.221 e. The quantitative estimate of drug-likeness (QED) is 0.187. The van der Waals surface area contributed by atoms with Crippen LogP contribution in [0.3, 0.4) is 0 Å². The minimum absolute atomic E-state index is 0.825. The number of imidazole rings is 1. The van der Waals surface area contributed by atoms with Crippen LogP contribution in [0.5, 0.6) is 0 Å². The van der Waals surface area contributed by atoms with Crippen LogP contribution in [0.4, 0.5) is 0 Å².